The van der Waals surface area contributed by atoms with Gasteiger partial charge in [-0.05, 0) is 43.0 Å². The van der Waals surface area contributed by atoms with Crippen molar-refractivity contribution in [2.45, 2.75) is 25.8 Å². The maximum Gasteiger partial charge on any atom is 0.341 e. The van der Waals surface area contributed by atoms with Crippen molar-refractivity contribution in [2.24, 2.45) is 0 Å². The predicted molar refractivity (Wildman–Crippen MR) is 102 cm³/mol. The lowest BCUT2D eigenvalue weighted by molar-refractivity contribution is 0.0526. The SMILES string of the molecule is CCOC(=O)c1cccnc1N1CCN(C2Cc3ccccc3C2)CC1. The molecule has 136 valence electrons. The van der Waals surface area contributed by atoms with Gasteiger partial charge in [0.05, 0.1) is 6.61 Å². The average molecular weight is 351 g/mol. The quantitative estimate of drug-likeness (QED) is 0.792. The number of carbonyl (C=O) groups is 1. The second-order valence-electron chi connectivity index (χ2n) is 6.95. The molecule has 0 radical (unpaired) electrons. The van der Waals surface area contributed by atoms with Crippen LogP contribution in [0.15, 0.2) is 42.6 Å². The molecular formula is C21H25N3O2. The number of rotatable bonds is 4. The second-order valence-corrected chi connectivity index (χ2v) is 6.95. The summed E-state index contributed by atoms with van der Waals surface area (Å²) in [5.74, 6) is 0.463. The largest absolute Gasteiger partial charge is 0.462 e. The Morgan fingerprint density at radius 2 is 1.77 bits per heavy atom. The fourth-order valence-electron chi connectivity index (χ4n) is 4.11. The number of carbonyl (C=O) groups excluding carboxylic acids is 1. The van der Waals surface area contributed by atoms with Gasteiger partial charge in [0.15, 0.2) is 0 Å². The van der Waals surface area contributed by atoms with Crippen LogP contribution in [0.3, 0.4) is 0 Å². The first-order chi connectivity index (χ1) is 12.8. The number of anilines is 1. The average Bonchev–Trinajstić information content (AvgIpc) is 3.12. The molecule has 0 atom stereocenters. The minimum atomic E-state index is -0.288. The van der Waals surface area contributed by atoms with Crippen molar-refractivity contribution >= 4 is 11.8 Å². The molecule has 1 fully saturated rings. The van der Waals surface area contributed by atoms with Crippen LogP contribution < -0.4 is 4.90 Å². The number of esters is 1. The molecule has 0 amide bonds. The molecule has 5 nitrogen and oxygen atoms in total. The monoisotopic (exact) mass is 351 g/mol. The number of benzene rings is 1. The van der Waals surface area contributed by atoms with Gasteiger partial charge in [0.2, 0.25) is 0 Å². The Kier molecular flexibility index (Phi) is 4.89. The topological polar surface area (TPSA) is 45.7 Å². The van der Waals surface area contributed by atoms with Gasteiger partial charge in [-0.1, -0.05) is 24.3 Å². The lowest BCUT2D eigenvalue weighted by Gasteiger charge is -2.39. The minimum absolute atomic E-state index is 0.288. The van der Waals surface area contributed by atoms with Crippen LogP contribution in [-0.2, 0) is 17.6 Å². The minimum Gasteiger partial charge on any atom is -0.462 e. The Morgan fingerprint density at radius 1 is 1.08 bits per heavy atom. The Hall–Kier alpha value is -2.40. The maximum absolute atomic E-state index is 12.2. The maximum atomic E-state index is 12.2. The fraction of sp³-hybridized carbons (Fsp3) is 0.429. The first-order valence-corrected chi connectivity index (χ1v) is 9.44. The Labute approximate surface area is 154 Å². The van der Waals surface area contributed by atoms with Gasteiger partial charge in [0.25, 0.3) is 0 Å². The zero-order valence-corrected chi connectivity index (χ0v) is 15.2. The molecule has 1 aromatic carbocycles. The van der Waals surface area contributed by atoms with Crippen molar-refractivity contribution in [2.75, 3.05) is 37.7 Å². The lowest BCUT2D eigenvalue weighted by atomic mass is 10.1. The first kappa shape index (κ1) is 17.0. The van der Waals surface area contributed by atoms with Gasteiger partial charge in [0.1, 0.15) is 11.4 Å². The molecule has 2 aromatic rings. The van der Waals surface area contributed by atoms with Crippen LogP contribution >= 0.6 is 0 Å². The van der Waals surface area contributed by atoms with E-state index in [1.165, 1.54) is 11.1 Å². The highest BCUT2D eigenvalue weighted by Gasteiger charge is 2.30. The van der Waals surface area contributed by atoms with Gasteiger partial charge in [-0.25, -0.2) is 9.78 Å². The lowest BCUT2D eigenvalue weighted by Crippen LogP contribution is -2.51. The number of hydrogen-bond acceptors (Lipinski definition) is 5. The predicted octanol–water partition coefficient (Wildman–Crippen LogP) is 2.55. The van der Waals surface area contributed by atoms with Crippen LogP contribution in [0.5, 0.6) is 0 Å². The van der Waals surface area contributed by atoms with E-state index in [4.69, 9.17) is 4.74 Å². The number of aromatic nitrogens is 1. The fourth-order valence-corrected chi connectivity index (χ4v) is 4.11. The Balaban J connectivity index is 1.41. The van der Waals surface area contributed by atoms with Crippen molar-refractivity contribution in [1.82, 2.24) is 9.88 Å². The number of hydrogen-bond donors (Lipinski definition) is 0. The number of piperazine rings is 1. The van der Waals surface area contributed by atoms with E-state index in [-0.39, 0.29) is 5.97 Å². The summed E-state index contributed by atoms with van der Waals surface area (Å²) in [5.41, 5.74) is 3.56. The summed E-state index contributed by atoms with van der Waals surface area (Å²) in [6.07, 6.45) is 4.04. The van der Waals surface area contributed by atoms with Crippen LogP contribution in [0, 0.1) is 0 Å². The van der Waals surface area contributed by atoms with Crippen LogP contribution in [0.4, 0.5) is 5.82 Å². The summed E-state index contributed by atoms with van der Waals surface area (Å²) in [5, 5.41) is 0. The first-order valence-electron chi connectivity index (χ1n) is 9.44. The third kappa shape index (κ3) is 3.31. The van der Waals surface area contributed by atoms with Crippen molar-refractivity contribution in [3.05, 3.63) is 59.3 Å². The molecule has 0 N–H and O–H groups in total. The molecule has 1 aromatic heterocycles. The van der Waals surface area contributed by atoms with Crippen molar-refractivity contribution in [3.63, 3.8) is 0 Å². The molecule has 2 heterocycles. The normalized spacial score (nSPS) is 18.0. The third-order valence-corrected chi connectivity index (χ3v) is 5.44. The van der Waals surface area contributed by atoms with Gasteiger partial charge >= 0.3 is 5.97 Å². The van der Waals surface area contributed by atoms with E-state index >= 15 is 0 Å². The van der Waals surface area contributed by atoms with Crippen LogP contribution in [0.2, 0.25) is 0 Å². The molecule has 0 bridgehead atoms. The Bertz CT molecular complexity index is 759. The van der Waals surface area contributed by atoms with E-state index in [1.54, 1.807) is 18.3 Å². The molecule has 2 aliphatic rings. The number of pyridine rings is 1. The van der Waals surface area contributed by atoms with Crippen molar-refractivity contribution in [1.29, 1.82) is 0 Å². The van der Waals surface area contributed by atoms with E-state index in [9.17, 15) is 4.79 Å². The molecule has 4 rings (SSSR count). The second kappa shape index (κ2) is 7.46. The summed E-state index contributed by atoms with van der Waals surface area (Å²) in [6.45, 7) is 5.97. The third-order valence-electron chi connectivity index (χ3n) is 5.44. The molecule has 5 heteroatoms. The van der Waals surface area contributed by atoms with E-state index in [0.29, 0.717) is 18.2 Å². The van der Waals surface area contributed by atoms with Gasteiger partial charge < -0.3 is 9.64 Å². The van der Waals surface area contributed by atoms with E-state index < -0.39 is 0 Å². The van der Waals surface area contributed by atoms with Crippen LogP contribution in [0.25, 0.3) is 0 Å². The molecule has 26 heavy (non-hydrogen) atoms. The summed E-state index contributed by atoms with van der Waals surface area (Å²) < 4.78 is 5.18. The van der Waals surface area contributed by atoms with Gasteiger partial charge in [-0.3, -0.25) is 4.90 Å². The highest BCUT2D eigenvalue weighted by Crippen LogP contribution is 2.27. The van der Waals surface area contributed by atoms with E-state index in [0.717, 1.165) is 44.8 Å². The number of ether oxygens (including phenoxy) is 1. The zero-order valence-electron chi connectivity index (χ0n) is 15.2. The summed E-state index contributed by atoms with van der Waals surface area (Å²) in [7, 11) is 0. The molecule has 0 unspecified atom stereocenters. The highest BCUT2D eigenvalue weighted by molar-refractivity contribution is 5.94. The van der Waals surface area contributed by atoms with E-state index in [2.05, 4.69) is 39.0 Å². The van der Waals surface area contributed by atoms with Gasteiger partial charge in [-0.2, -0.15) is 0 Å². The van der Waals surface area contributed by atoms with E-state index in [1.807, 2.05) is 6.92 Å². The van der Waals surface area contributed by atoms with Gasteiger partial charge in [-0.15, -0.1) is 0 Å². The summed E-state index contributed by atoms with van der Waals surface area (Å²) >= 11 is 0. The molecule has 1 aliphatic carbocycles. The number of nitrogens with zero attached hydrogens (tertiary/aromatic N) is 3. The van der Waals surface area contributed by atoms with Crippen LogP contribution in [0.1, 0.15) is 28.4 Å². The smallest absolute Gasteiger partial charge is 0.341 e. The van der Waals surface area contributed by atoms with Crippen molar-refractivity contribution < 1.29 is 9.53 Å². The Morgan fingerprint density at radius 3 is 2.42 bits per heavy atom. The molecule has 0 saturated carbocycles. The van der Waals surface area contributed by atoms with Crippen LogP contribution in [-0.4, -0.2) is 54.7 Å². The zero-order chi connectivity index (χ0) is 17.9. The molecule has 0 spiro atoms. The molecular weight excluding hydrogens is 326 g/mol. The molecule has 1 saturated heterocycles. The van der Waals surface area contributed by atoms with Gasteiger partial charge in [0, 0.05) is 38.4 Å². The number of fused-ring (bicyclic) bond motifs is 1. The summed E-state index contributed by atoms with van der Waals surface area (Å²) in [4.78, 5) is 21.5. The van der Waals surface area contributed by atoms with Crippen molar-refractivity contribution in [3.8, 4) is 0 Å². The highest BCUT2D eigenvalue weighted by atomic mass is 16.5. The standard InChI is InChI=1S/C21H25N3O2/c1-2-26-21(25)19-8-5-9-22-20(19)24-12-10-23(11-13-24)18-14-16-6-3-4-7-17(16)15-18/h3-9,18H,2,10-15H2,1H3. The summed E-state index contributed by atoms with van der Waals surface area (Å²) in [6, 6.07) is 13.0. The molecule has 1 aliphatic heterocycles.